The number of rotatable bonds is 37. The largest absolute Gasteiger partial charge is 0.497 e. The van der Waals surface area contributed by atoms with Gasteiger partial charge in [0, 0.05) is 6.42 Å². The predicted octanol–water partition coefficient (Wildman–Crippen LogP) is 12.2. The van der Waals surface area contributed by atoms with Crippen LogP contribution >= 0.6 is 7.82 Å². The van der Waals surface area contributed by atoms with Crippen LogP contribution in [0.3, 0.4) is 0 Å². The van der Waals surface area contributed by atoms with E-state index in [9.17, 15) is 9.36 Å². The lowest BCUT2D eigenvalue weighted by Crippen LogP contribution is -2.49. The van der Waals surface area contributed by atoms with Crippen molar-refractivity contribution in [1.82, 2.24) is 0 Å². The molecule has 9 heteroatoms. The van der Waals surface area contributed by atoms with Gasteiger partial charge in [-0.3, -0.25) is 9.32 Å². The zero-order valence-electron chi connectivity index (χ0n) is 34.7. The molecule has 0 heterocycles. The van der Waals surface area contributed by atoms with E-state index in [2.05, 4.69) is 85.2 Å². The molecule has 0 bridgehead atoms. The molecule has 1 atom stereocenters. The molecule has 0 spiro atoms. The van der Waals surface area contributed by atoms with Crippen LogP contribution in [0.4, 0.5) is 0 Å². The molecule has 0 radical (unpaired) electrons. The molecule has 0 rings (SSSR count). The molecule has 0 aromatic rings. The van der Waals surface area contributed by atoms with Crippen LogP contribution in [0.5, 0.6) is 0 Å². The Morgan fingerprint density at radius 3 is 1.57 bits per heavy atom. The van der Waals surface area contributed by atoms with Crippen LogP contribution in [-0.2, 0) is 23.4 Å². The zero-order chi connectivity index (χ0) is 39.9. The highest BCUT2D eigenvalue weighted by Gasteiger charge is 2.27. The lowest BCUT2D eigenvalue weighted by Gasteiger charge is -2.32. The second-order valence-corrected chi connectivity index (χ2v) is 15.9. The van der Waals surface area contributed by atoms with Crippen LogP contribution in [0.1, 0.15) is 149 Å². The van der Waals surface area contributed by atoms with Gasteiger partial charge < -0.3 is 23.7 Å². The maximum absolute atomic E-state index is 12.7. The first kappa shape index (κ1) is 51.5. The fraction of sp³-hybridized carbons (Fsp3) is 0.667. The van der Waals surface area contributed by atoms with E-state index in [1.165, 1.54) is 70.6 Å². The van der Waals surface area contributed by atoms with Crippen LogP contribution in [0, 0.1) is 0 Å². The Balaban J connectivity index is 4.44. The number of hydrogen-bond acceptors (Lipinski definition) is 5. The summed E-state index contributed by atoms with van der Waals surface area (Å²) in [6.45, 7) is 5.27. The Hall–Kier alpha value is -2.48. The van der Waals surface area contributed by atoms with Gasteiger partial charge in [-0.05, 0) is 63.9 Å². The minimum Gasteiger partial charge on any atom is -0.497 e. The molecule has 0 fully saturated rings. The van der Waals surface area contributed by atoms with Gasteiger partial charge in [-0.2, -0.15) is 0 Å². The number of allylic oxidation sites excluding steroid dienone is 13. The molecule has 2 N–H and O–H groups in total. The van der Waals surface area contributed by atoms with E-state index in [1.54, 1.807) is 6.26 Å². The quantitative estimate of drug-likeness (QED) is 0.0162. The molecule has 0 saturated heterocycles. The fourth-order valence-corrected chi connectivity index (χ4v) is 5.98. The van der Waals surface area contributed by atoms with Crippen molar-refractivity contribution in [2.24, 2.45) is 0 Å². The number of quaternary nitrogens is 1. The van der Waals surface area contributed by atoms with E-state index >= 15 is 0 Å². The van der Waals surface area contributed by atoms with E-state index < -0.39 is 13.9 Å². The Morgan fingerprint density at radius 2 is 1.09 bits per heavy atom. The maximum atomic E-state index is 12.7. The predicted molar refractivity (Wildman–Crippen MR) is 228 cm³/mol. The van der Waals surface area contributed by atoms with Gasteiger partial charge in [-0.25, -0.2) is 4.57 Å². The monoisotopic (exact) mass is 777 g/mol. The van der Waals surface area contributed by atoms with E-state index in [0.29, 0.717) is 24.0 Å². The lowest BCUT2D eigenvalue weighted by atomic mass is 10.0. The van der Waals surface area contributed by atoms with Gasteiger partial charge in [0.05, 0.1) is 20.4 Å². The second kappa shape index (κ2) is 37.4. The zero-order valence-corrected chi connectivity index (χ0v) is 35.6. The summed E-state index contributed by atoms with van der Waals surface area (Å²) in [6, 6.07) is 0. The Labute approximate surface area is 331 Å². The summed E-state index contributed by atoms with van der Waals surface area (Å²) >= 11 is 0. The van der Waals surface area contributed by atoms with Gasteiger partial charge in [-0.15, -0.1) is 0 Å². The average Bonchev–Trinajstić information content (AvgIpc) is 3.11. The highest BCUT2D eigenvalue weighted by atomic mass is 31.2. The number of esters is 1. The van der Waals surface area contributed by atoms with E-state index in [0.717, 1.165) is 51.4 Å². The van der Waals surface area contributed by atoms with E-state index in [4.69, 9.17) is 19.3 Å². The minimum atomic E-state index is -4.54. The van der Waals surface area contributed by atoms with Crippen molar-refractivity contribution in [2.75, 3.05) is 40.4 Å². The average molecular weight is 777 g/mol. The molecule has 0 aliphatic heterocycles. The number of carbonyl (C=O) groups is 1. The molecule has 0 aliphatic rings. The van der Waals surface area contributed by atoms with Gasteiger partial charge in [0.25, 0.3) is 0 Å². The second-order valence-electron chi connectivity index (χ2n) is 14.6. The summed E-state index contributed by atoms with van der Waals surface area (Å²) in [7, 11) is -0.728. The van der Waals surface area contributed by atoms with Crippen molar-refractivity contribution < 1.29 is 37.6 Å². The summed E-state index contributed by atoms with van der Waals surface area (Å²) in [5, 5.41) is 0. The number of ether oxygens (including phenoxy) is 2. The molecule has 54 heavy (non-hydrogen) atoms. The first-order valence-corrected chi connectivity index (χ1v) is 22.5. The highest BCUT2D eigenvalue weighted by Crippen LogP contribution is 2.35. The van der Waals surface area contributed by atoms with Gasteiger partial charge in [0.2, 0.25) is 0 Å². The van der Waals surface area contributed by atoms with Crippen molar-refractivity contribution >= 4 is 13.8 Å². The Kier molecular flexibility index (Phi) is 35.7. The van der Waals surface area contributed by atoms with Crippen LogP contribution in [0.15, 0.2) is 85.3 Å². The molecule has 8 nitrogen and oxygen atoms in total. The number of phosphoric ester groups is 1. The molecular formula is C45H79NO7P+. The number of carbonyl (C=O) groups excluding carboxylic acids is 1. The van der Waals surface area contributed by atoms with Gasteiger partial charge >= 0.3 is 13.8 Å². The summed E-state index contributed by atoms with van der Waals surface area (Å²) in [5.74, 6) is -0.296. The third-order valence-corrected chi connectivity index (χ3v) is 9.28. The lowest BCUT2D eigenvalue weighted by molar-refractivity contribution is -0.893. The summed E-state index contributed by atoms with van der Waals surface area (Å²) in [6.07, 6.45) is 52.5. The number of phosphoric acid groups is 1. The van der Waals surface area contributed by atoms with E-state index in [-0.39, 0.29) is 25.6 Å². The molecule has 310 valence electrons. The molecule has 0 amide bonds. The Morgan fingerprint density at radius 1 is 0.630 bits per heavy atom. The van der Waals surface area contributed by atoms with Crippen LogP contribution in [-0.4, -0.2) is 66.7 Å². The molecule has 0 aliphatic carbocycles. The van der Waals surface area contributed by atoms with Crippen molar-refractivity contribution in [1.29, 1.82) is 0 Å². The SMILES string of the molecule is CC/C=C\C/C=C\C/C=C\C/C=C\C/C=C\C/C=C\CCC(=O)OC(CO/C=C\CCCCCCCCCCCCCC)C[N+](C)(C)CCOP(=O)(O)O. The maximum Gasteiger partial charge on any atom is 0.469 e. The standard InChI is InChI=1S/C45H78NO7P/c1-5-7-9-11-13-15-17-19-21-22-23-24-25-26-28-30-32-34-36-38-45(47)53-44(42-46(3,4)39-41-52-54(48,49)50)43-51-40-37-35-33-31-29-27-20-18-16-14-12-10-8-6-2/h7,9,13,15,19,21,23-24,26,28,32,34,37,40,44H,5-6,8,10-12,14,16-18,20,22,25,27,29-31,33,35-36,38-39,41-43H2,1-4H3,(H-,48,49,50)/p+1/b9-7-,15-13-,21-19-,24-23-,28-26-,34-32-,40-37-. The number of nitrogens with zero attached hydrogens (tertiary/aromatic N) is 1. The van der Waals surface area contributed by atoms with E-state index in [1.807, 2.05) is 26.2 Å². The van der Waals surface area contributed by atoms with Crippen molar-refractivity contribution in [3.63, 3.8) is 0 Å². The molecule has 0 saturated carbocycles. The molecule has 1 unspecified atom stereocenters. The first-order chi connectivity index (χ1) is 26.1. The number of hydrogen-bond donors (Lipinski definition) is 2. The van der Waals surface area contributed by atoms with Crippen molar-refractivity contribution in [2.45, 2.75) is 155 Å². The number of unbranched alkanes of at least 4 members (excludes halogenated alkanes) is 12. The van der Waals surface area contributed by atoms with Gasteiger partial charge in [0.15, 0.2) is 6.10 Å². The van der Waals surface area contributed by atoms with Crippen LogP contribution in [0.2, 0.25) is 0 Å². The highest BCUT2D eigenvalue weighted by molar-refractivity contribution is 7.46. The van der Waals surface area contributed by atoms with Crippen LogP contribution < -0.4 is 0 Å². The summed E-state index contributed by atoms with van der Waals surface area (Å²) in [5.41, 5.74) is 0. The van der Waals surface area contributed by atoms with Crippen molar-refractivity contribution in [3.05, 3.63) is 85.3 Å². The minimum absolute atomic E-state index is 0.111. The third kappa shape index (κ3) is 40.7. The third-order valence-electron chi connectivity index (χ3n) is 8.76. The smallest absolute Gasteiger partial charge is 0.469 e. The van der Waals surface area contributed by atoms with Gasteiger partial charge in [-0.1, -0.05) is 157 Å². The normalized spacial score (nSPS) is 13.7. The summed E-state index contributed by atoms with van der Waals surface area (Å²) < 4.78 is 27.7. The number of likely N-dealkylation sites (N-methyl/N-ethyl adjacent to an activating group) is 1. The Bertz CT molecular complexity index is 1130. The van der Waals surface area contributed by atoms with Crippen molar-refractivity contribution in [3.8, 4) is 0 Å². The molecular weight excluding hydrogens is 697 g/mol. The van der Waals surface area contributed by atoms with Crippen LogP contribution in [0.25, 0.3) is 0 Å². The molecule has 0 aromatic carbocycles. The fourth-order valence-electron chi connectivity index (χ4n) is 5.66. The van der Waals surface area contributed by atoms with Gasteiger partial charge in [0.1, 0.15) is 26.3 Å². The topological polar surface area (TPSA) is 102 Å². The first-order valence-electron chi connectivity index (χ1n) is 21.0. The summed E-state index contributed by atoms with van der Waals surface area (Å²) in [4.78, 5) is 30.8. The molecule has 0 aromatic heterocycles.